The van der Waals surface area contributed by atoms with Crippen LogP contribution in [0.3, 0.4) is 0 Å². The van der Waals surface area contributed by atoms with Gasteiger partial charge in [0, 0.05) is 13.0 Å². The van der Waals surface area contributed by atoms with Gasteiger partial charge in [-0.1, -0.05) is 26.8 Å². The molecule has 1 atom stereocenters. The Balaban J connectivity index is 2.38. The molecule has 2 rings (SSSR count). The summed E-state index contributed by atoms with van der Waals surface area (Å²) in [5, 5.41) is 19.1. The second-order valence-electron chi connectivity index (χ2n) is 6.18. The molecule has 5 heteroatoms. The fraction of sp³-hybridized carbons (Fsp3) is 0.500. The monoisotopic (exact) mass is 291 g/mol. The molecule has 0 radical (unpaired) electrons. The van der Waals surface area contributed by atoms with Gasteiger partial charge in [0.25, 0.3) is 0 Å². The maximum atomic E-state index is 12.0. The predicted molar refractivity (Wildman–Crippen MR) is 79.5 cm³/mol. The number of carboxylic acid groups (broad SMARTS) is 1. The van der Waals surface area contributed by atoms with Gasteiger partial charge in [-0.25, -0.2) is 0 Å². The number of aliphatic carboxylic acids is 1. The van der Waals surface area contributed by atoms with E-state index < -0.39 is 11.9 Å². The van der Waals surface area contributed by atoms with Crippen LogP contribution >= 0.6 is 0 Å². The summed E-state index contributed by atoms with van der Waals surface area (Å²) < 4.78 is 0. The van der Waals surface area contributed by atoms with E-state index in [2.05, 4.69) is 20.8 Å². The molecule has 1 aromatic carbocycles. The molecular formula is C16H21NO4. The fourth-order valence-corrected chi connectivity index (χ4v) is 2.47. The summed E-state index contributed by atoms with van der Waals surface area (Å²) in [7, 11) is 0. The van der Waals surface area contributed by atoms with Gasteiger partial charge in [-0.3, -0.25) is 9.59 Å². The van der Waals surface area contributed by atoms with E-state index in [0.717, 1.165) is 12.0 Å². The van der Waals surface area contributed by atoms with E-state index >= 15 is 0 Å². The van der Waals surface area contributed by atoms with Gasteiger partial charge in [0.2, 0.25) is 5.91 Å². The Kier molecular flexibility index (Phi) is 3.94. The molecule has 5 nitrogen and oxygen atoms in total. The number of anilines is 1. The van der Waals surface area contributed by atoms with Crippen LogP contribution in [0.15, 0.2) is 18.2 Å². The summed E-state index contributed by atoms with van der Waals surface area (Å²) in [6.07, 6.45) is 0.902. The molecule has 0 saturated carbocycles. The zero-order chi connectivity index (χ0) is 15.8. The highest BCUT2D eigenvalue weighted by Gasteiger charge is 2.36. The molecule has 1 aliphatic heterocycles. The van der Waals surface area contributed by atoms with Crippen molar-refractivity contribution in [2.24, 2.45) is 5.92 Å². The second kappa shape index (κ2) is 5.39. The normalized spacial score (nSPS) is 19.1. The first-order valence-electron chi connectivity index (χ1n) is 7.13. The van der Waals surface area contributed by atoms with Crippen molar-refractivity contribution in [1.29, 1.82) is 0 Å². The van der Waals surface area contributed by atoms with Crippen molar-refractivity contribution in [3.8, 4) is 5.75 Å². The number of benzene rings is 1. The molecule has 1 amide bonds. The highest BCUT2D eigenvalue weighted by atomic mass is 16.4. The highest BCUT2D eigenvalue weighted by Crippen LogP contribution is 2.37. The predicted octanol–water partition coefficient (Wildman–Crippen LogP) is 2.52. The molecule has 114 valence electrons. The SMILES string of the molecule is CCC(C)(C)c1ccc(O)c(N2C[C@@H](C(=O)O)CC2=O)c1. The first-order chi connectivity index (χ1) is 9.76. The number of phenols is 1. The number of amides is 1. The third-order valence-electron chi connectivity index (χ3n) is 4.41. The van der Waals surface area contributed by atoms with Gasteiger partial charge in [-0.15, -0.1) is 0 Å². The Hall–Kier alpha value is -2.04. The maximum Gasteiger partial charge on any atom is 0.308 e. The topological polar surface area (TPSA) is 77.8 Å². The van der Waals surface area contributed by atoms with Crippen LogP contribution in [-0.2, 0) is 15.0 Å². The molecule has 0 spiro atoms. The van der Waals surface area contributed by atoms with Crippen LogP contribution in [0.1, 0.15) is 39.2 Å². The fourth-order valence-electron chi connectivity index (χ4n) is 2.47. The molecule has 1 aromatic rings. The van der Waals surface area contributed by atoms with Gasteiger partial charge in [0.15, 0.2) is 0 Å². The lowest BCUT2D eigenvalue weighted by Gasteiger charge is -2.26. The zero-order valence-corrected chi connectivity index (χ0v) is 12.6. The molecule has 0 aliphatic carbocycles. The lowest BCUT2D eigenvalue weighted by molar-refractivity contribution is -0.141. The Labute approximate surface area is 124 Å². The van der Waals surface area contributed by atoms with E-state index in [1.165, 1.54) is 4.90 Å². The smallest absolute Gasteiger partial charge is 0.308 e. The summed E-state index contributed by atoms with van der Waals surface area (Å²) in [4.78, 5) is 24.4. The van der Waals surface area contributed by atoms with Crippen LogP contribution in [0.4, 0.5) is 5.69 Å². The van der Waals surface area contributed by atoms with Crippen molar-refractivity contribution >= 4 is 17.6 Å². The van der Waals surface area contributed by atoms with E-state index in [-0.39, 0.29) is 30.0 Å². The summed E-state index contributed by atoms with van der Waals surface area (Å²) in [6, 6.07) is 5.21. The number of aromatic hydroxyl groups is 1. The van der Waals surface area contributed by atoms with Crippen molar-refractivity contribution in [2.75, 3.05) is 11.4 Å². The molecule has 21 heavy (non-hydrogen) atoms. The van der Waals surface area contributed by atoms with Crippen molar-refractivity contribution in [2.45, 2.75) is 39.0 Å². The lowest BCUT2D eigenvalue weighted by atomic mass is 9.82. The molecule has 0 bridgehead atoms. The number of phenolic OH excluding ortho intramolecular Hbond substituents is 1. The van der Waals surface area contributed by atoms with Crippen molar-refractivity contribution in [3.63, 3.8) is 0 Å². The standard InChI is InChI=1S/C16H21NO4/c1-4-16(2,3)11-5-6-13(18)12(8-11)17-9-10(15(20)21)7-14(17)19/h5-6,8,10,18H,4,7,9H2,1-3H3,(H,20,21)/t10-/m0/s1. The minimum absolute atomic E-state index is 0.00467. The van der Waals surface area contributed by atoms with E-state index in [1.54, 1.807) is 12.1 Å². The first kappa shape index (κ1) is 15.4. The molecule has 2 N–H and O–H groups in total. The Morgan fingerprint density at radius 3 is 2.62 bits per heavy atom. The largest absolute Gasteiger partial charge is 0.506 e. The van der Waals surface area contributed by atoms with E-state index in [9.17, 15) is 14.7 Å². The number of carbonyl (C=O) groups excluding carboxylic acids is 1. The Morgan fingerprint density at radius 1 is 1.43 bits per heavy atom. The highest BCUT2D eigenvalue weighted by molar-refractivity contribution is 6.00. The number of hydrogen-bond acceptors (Lipinski definition) is 3. The van der Waals surface area contributed by atoms with Crippen LogP contribution in [-0.4, -0.2) is 28.6 Å². The minimum Gasteiger partial charge on any atom is -0.506 e. The van der Waals surface area contributed by atoms with Gasteiger partial charge >= 0.3 is 5.97 Å². The van der Waals surface area contributed by atoms with Crippen LogP contribution in [0.25, 0.3) is 0 Å². The number of nitrogens with zero attached hydrogens (tertiary/aromatic N) is 1. The molecule has 1 aliphatic rings. The molecule has 1 saturated heterocycles. The maximum absolute atomic E-state index is 12.0. The average molecular weight is 291 g/mol. The lowest BCUT2D eigenvalue weighted by Crippen LogP contribution is -2.26. The molecule has 0 unspecified atom stereocenters. The summed E-state index contributed by atoms with van der Waals surface area (Å²) in [5.74, 6) is -1.94. The van der Waals surface area contributed by atoms with Crippen LogP contribution in [0, 0.1) is 5.92 Å². The molecule has 1 fully saturated rings. The first-order valence-corrected chi connectivity index (χ1v) is 7.13. The van der Waals surface area contributed by atoms with E-state index in [4.69, 9.17) is 5.11 Å². The zero-order valence-electron chi connectivity index (χ0n) is 12.6. The van der Waals surface area contributed by atoms with Gasteiger partial charge in [-0.05, 0) is 29.5 Å². The van der Waals surface area contributed by atoms with Gasteiger partial charge in [-0.2, -0.15) is 0 Å². The van der Waals surface area contributed by atoms with Crippen molar-refractivity contribution in [3.05, 3.63) is 23.8 Å². The van der Waals surface area contributed by atoms with Gasteiger partial charge in [0.1, 0.15) is 5.75 Å². The van der Waals surface area contributed by atoms with E-state index in [1.807, 2.05) is 6.07 Å². The van der Waals surface area contributed by atoms with Gasteiger partial charge < -0.3 is 15.1 Å². The number of rotatable bonds is 4. The van der Waals surface area contributed by atoms with Crippen molar-refractivity contribution < 1.29 is 19.8 Å². The van der Waals surface area contributed by atoms with Crippen LogP contribution in [0.5, 0.6) is 5.75 Å². The molecule has 1 heterocycles. The minimum atomic E-state index is -0.976. The quantitative estimate of drug-likeness (QED) is 0.893. The summed E-state index contributed by atoms with van der Waals surface area (Å²) in [5.41, 5.74) is 1.35. The average Bonchev–Trinajstić information content (AvgIpc) is 2.81. The second-order valence-corrected chi connectivity index (χ2v) is 6.18. The van der Waals surface area contributed by atoms with E-state index in [0.29, 0.717) is 5.69 Å². The Bertz CT molecular complexity index is 580. The summed E-state index contributed by atoms with van der Waals surface area (Å²) >= 11 is 0. The Morgan fingerprint density at radius 2 is 2.10 bits per heavy atom. The number of carbonyl (C=O) groups is 2. The molecule has 0 aromatic heterocycles. The number of hydrogen-bond donors (Lipinski definition) is 2. The van der Waals surface area contributed by atoms with Crippen molar-refractivity contribution in [1.82, 2.24) is 0 Å². The van der Waals surface area contributed by atoms with Gasteiger partial charge in [0.05, 0.1) is 11.6 Å². The summed E-state index contributed by atoms with van der Waals surface area (Å²) in [6.45, 7) is 6.37. The van der Waals surface area contributed by atoms with Crippen LogP contribution in [0.2, 0.25) is 0 Å². The third kappa shape index (κ3) is 2.86. The third-order valence-corrected chi connectivity index (χ3v) is 4.41. The number of carboxylic acids is 1. The molecular weight excluding hydrogens is 270 g/mol. The van der Waals surface area contributed by atoms with Crippen LogP contribution < -0.4 is 4.90 Å².